The number of aromatic amines is 1. The second-order valence-corrected chi connectivity index (χ2v) is 7.21. The number of aromatic nitrogens is 4. The highest BCUT2D eigenvalue weighted by Crippen LogP contribution is 2.27. The van der Waals surface area contributed by atoms with Crippen molar-refractivity contribution < 1.29 is 18.4 Å². The third kappa shape index (κ3) is 6.39. The number of nitrogens with one attached hydrogen (secondary N) is 2. The monoisotopic (exact) mass is 477 g/mol. The molecule has 0 spiro atoms. The predicted molar refractivity (Wildman–Crippen MR) is 123 cm³/mol. The summed E-state index contributed by atoms with van der Waals surface area (Å²) in [5.74, 6) is -1.47. The van der Waals surface area contributed by atoms with Crippen LogP contribution in [0.1, 0.15) is 28.5 Å². The lowest BCUT2D eigenvalue weighted by Crippen LogP contribution is -2.21. The summed E-state index contributed by atoms with van der Waals surface area (Å²) in [5.41, 5.74) is 7.04. The van der Waals surface area contributed by atoms with Crippen LogP contribution in [-0.2, 0) is 4.79 Å². The van der Waals surface area contributed by atoms with Gasteiger partial charge in [0, 0.05) is 18.8 Å². The van der Waals surface area contributed by atoms with E-state index >= 15 is 0 Å². The van der Waals surface area contributed by atoms with Crippen LogP contribution in [0.15, 0.2) is 41.0 Å². The fraction of sp³-hybridized carbons (Fsp3) is 0.238. The molecule has 0 bridgehead atoms. The normalized spacial score (nSPS) is 11.9. The molecule has 2 heterocycles. The molecule has 0 unspecified atom stereocenters. The first-order valence-corrected chi connectivity index (χ1v) is 9.90. The smallest absolute Gasteiger partial charge is 0.279 e. The minimum Gasteiger partial charge on any atom is -0.365 e. The molecule has 9 nitrogen and oxygen atoms in total. The van der Waals surface area contributed by atoms with Crippen molar-refractivity contribution >= 4 is 45.8 Å². The van der Waals surface area contributed by atoms with Gasteiger partial charge in [-0.1, -0.05) is 11.6 Å². The summed E-state index contributed by atoms with van der Waals surface area (Å²) >= 11 is 5.65. The fourth-order valence-electron chi connectivity index (χ4n) is 2.71. The maximum atomic E-state index is 12.7. The van der Waals surface area contributed by atoms with Gasteiger partial charge >= 0.3 is 0 Å². The Balaban J connectivity index is 0.000000405. The van der Waals surface area contributed by atoms with E-state index in [1.54, 1.807) is 19.2 Å². The maximum Gasteiger partial charge on any atom is 0.279 e. The summed E-state index contributed by atoms with van der Waals surface area (Å²) in [4.78, 5) is 31.5. The second kappa shape index (κ2) is 11.2. The zero-order valence-corrected chi connectivity index (χ0v) is 19.0. The van der Waals surface area contributed by atoms with Crippen LogP contribution in [0.25, 0.3) is 11.0 Å². The van der Waals surface area contributed by atoms with E-state index in [-0.39, 0.29) is 22.3 Å². The standard InChI is InChI=1S/C15H16F2N6O2.C6H6ClN/c1-6-4-8-12(22-23-21-8)10(14(18)24)11(6)20-15(25)7(2)5-9(19-3)13(16)17;1-5-6(7)3-2-4-8-5/h4-5,13H,1-3H3,(H2,18,24)(H,20,25)(H,21,22,23);2-4H,1H3/b7-5+,19-9?;. The van der Waals surface area contributed by atoms with Gasteiger partial charge in [0.05, 0.1) is 22.0 Å². The molecule has 0 aliphatic heterocycles. The Bertz CT molecular complexity index is 1220. The van der Waals surface area contributed by atoms with Gasteiger partial charge in [-0.25, -0.2) is 8.78 Å². The maximum absolute atomic E-state index is 12.7. The summed E-state index contributed by atoms with van der Waals surface area (Å²) in [6.07, 6.45) is -0.100. The minimum absolute atomic E-state index is 0.00373. The zero-order chi connectivity index (χ0) is 24.7. The summed E-state index contributed by atoms with van der Waals surface area (Å²) < 4.78 is 25.5. The number of anilines is 1. The SMILES string of the molecule is CN=C(/C=C(\C)C(=O)Nc1c(C)cc2n[nH]nc2c1C(N)=O)C(F)F.Cc1ncccc1Cl. The number of benzene rings is 1. The average Bonchev–Trinajstić information content (AvgIpc) is 3.21. The molecule has 33 heavy (non-hydrogen) atoms. The topological polar surface area (TPSA) is 139 Å². The highest BCUT2D eigenvalue weighted by atomic mass is 35.5. The van der Waals surface area contributed by atoms with Crippen molar-refractivity contribution in [3.8, 4) is 0 Å². The fourth-order valence-corrected chi connectivity index (χ4v) is 2.83. The number of primary amides is 1. The highest BCUT2D eigenvalue weighted by Gasteiger charge is 2.21. The van der Waals surface area contributed by atoms with Gasteiger partial charge < -0.3 is 11.1 Å². The van der Waals surface area contributed by atoms with E-state index in [4.69, 9.17) is 17.3 Å². The molecule has 2 amide bonds. The number of allylic oxidation sites excluding steroid dienone is 1. The second-order valence-electron chi connectivity index (χ2n) is 6.80. The van der Waals surface area contributed by atoms with Gasteiger partial charge in [0.25, 0.3) is 18.2 Å². The van der Waals surface area contributed by atoms with E-state index < -0.39 is 24.0 Å². The van der Waals surface area contributed by atoms with E-state index in [9.17, 15) is 18.4 Å². The highest BCUT2D eigenvalue weighted by molar-refractivity contribution is 6.31. The number of carbonyl (C=O) groups excluding carboxylic acids is 2. The van der Waals surface area contributed by atoms with E-state index in [0.717, 1.165) is 16.8 Å². The number of nitrogens with two attached hydrogens (primary N) is 1. The number of pyridine rings is 1. The molecular weight excluding hydrogens is 456 g/mol. The summed E-state index contributed by atoms with van der Waals surface area (Å²) in [6.45, 7) is 4.88. The summed E-state index contributed by atoms with van der Waals surface area (Å²) in [6, 6.07) is 5.25. The number of carbonyl (C=O) groups is 2. The Morgan fingerprint density at radius 1 is 1.30 bits per heavy atom. The Labute approximate surface area is 193 Å². The van der Waals surface area contributed by atoms with E-state index in [2.05, 4.69) is 30.7 Å². The lowest BCUT2D eigenvalue weighted by Gasteiger charge is -2.13. The summed E-state index contributed by atoms with van der Waals surface area (Å²) in [7, 11) is 1.21. The van der Waals surface area contributed by atoms with Crippen molar-refractivity contribution in [1.82, 2.24) is 20.4 Å². The molecular formula is C21H22ClF2N7O2. The third-order valence-electron chi connectivity index (χ3n) is 4.44. The third-order valence-corrected chi connectivity index (χ3v) is 4.84. The number of hydrogen-bond acceptors (Lipinski definition) is 6. The number of alkyl halides is 2. The lowest BCUT2D eigenvalue weighted by molar-refractivity contribution is -0.112. The Morgan fingerprint density at radius 3 is 2.52 bits per heavy atom. The van der Waals surface area contributed by atoms with E-state index in [1.807, 2.05) is 19.1 Å². The van der Waals surface area contributed by atoms with Crippen molar-refractivity contribution in [2.24, 2.45) is 10.7 Å². The van der Waals surface area contributed by atoms with Gasteiger partial charge in [-0.3, -0.25) is 19.6 Å². The first-order chi connectivity index (χ1) is 15.6. The number of halogens is 3. The van der Waals surface area contributed by atoms with Gasteiger partial charge in [-0.15, -0.1) is 0 Å². The van der Waals surface area contributed by atoms with E-state index in [0.29, 0.717) is 11.1 Å². The number of aryl methyl sites for hydroxylation is 2. The molecule has 0 radical (unpaired) electrons. The van der Waals surface area contributed by atoms with Gasteiger partial charge in [0.2, 0.25) is 0 Å². The van der Waals surface area contributed by atoms with Crippen molar-refractivity contribution in [3.63, 3.8) is 0 Å². The Morgan fingerprint density at radius 2 is 2.00 bits per heavy atom. The number of rotatable bonds is 5. The molecule has 12 heteroatoms. The molecule has 3 rings (SSSR count). The molecule has 3 aromatic rings. The predicted octanol–water partition coefficient (Wildman–Crippen LogP) is 3.63. The van der Waals surface area contributed by atoms with Gasteiger partial charge in [-0.05, 0) is 50.6 Å². The Hall–Kier alpha value is -3.73. The van der Waals surface area contributed by atoms with Crippen LogP contribution in [0.4, 0.5) is 14.5 Å². The number of fused-ring (bicyclic) bond motifs is 1. The van der Waals surface area contributed by atoms with Crippen LogP contribution in [0.3, 0.4) is 0 Å². The molecule has 0 aliphatic carbocycles. The zero-order valence-electron chi connectivity index (χ0n) is 18.3. The van der Waals surface area contributed by atoms with Gasteiger partial charge in [0.1, 0.15) is 16.7 Å². The molecule has 174 valence electrons. The molecule has 4 N–H and O–H groups in total. The number of aliphatic imine (C=N–C) groups is 1. The molecule has 0 saturated carbocycles. The number of amides is 2. The first kappa shape index (κ1) is 25.5. The molecule has 1 aromatic carbocycles. The number of H-pyrrole nitrogens is 1. The Kier molecular flexibility index (Phi) is 8.69. The average molecular weight is 478 g/mol. The van der Waals surface area contributed by atoms with Crippen LogP contribution in [0.2, 0.25) is 5.02 Å². The van der Waals surface area contributed by atoms with Crippen molar-refractivity contribution in [1.29, 1.82) is 0 Å². The van der Waals surface area contributed by atoms with Crippen LogP contribution in [0, 0.1) is 13.8 Å². The van der Waals surface area contributed by atoms with Crippen LogP contribution in [-0.4, -0.2) is 51.4 Å². The quantitative estimate of drug-likeness (QED) is 0.380. The molecule has 2 aromatic heterocycles. The van der Waals surface area contributed by atoms with Gasteiger partial charge in [-0.2, -0.15) is 15.4 Å². The first-order valence-electron chi connectivity index (χ1n) is 9.52. The lowest BCUT2D eigenvalue weighted by atomic mass is 10.0. The number of nitrogens with zero attached hydrogens (tertiary/aromatic N) is 4. The van der Waals surface area contributed by atoms with Crippen LogP contribution in [0.5, 0.6) is 0 Å². The van der Waals surface area contributed by atoms with Crippen molar-refractivity contribution in [2.75, 3.05) is 12.4 Å². The minimum atomic E-state index is -2.80. The van der Waals surface area contributed by atoms with Crippen molar-refractivity contribution in [2.45, 2.75) is 27.2 Å². The summed E-state index contributed by atoms with van der Waals surface area (Å²) in [5, 5.41) is 13.4. The van der Waals surface area contributed by atoms with Crippen LogP contribution < -0.4 is 11.1 Å². The molecule has 0 saturated heterocycles. The molecule has 0 atom stereocenters. The van der Waals surface area contributed by atoms with Crippen molar-refractivity contribution in [3.05, 3.63) is 57.9 Å². The molecule has 0 aliphatic rings. The van der Waals surface area contributed by atoms with Gasteiger partial charge in [0.15, 0.2) is 0 Å². The van der Waals surface area contributed by atoms with Crippen LogP contribution >= 0.6 is 11.6 Å². The number of hydrogen-bond donors (Lipinski definition) is 3. The molecule has 0 fully saturated rings. The largest absolute Gasteiger partial charge is 0.365 e. The van der Waals surface area contributed by atoms with E-state index in [1.165, 1.54) is 14.0 Å².